The number of guanidine groups is 1. The predicted octanol–water partition coefficient (Wildman–Crippen LogP) is 2.13. The number of nitrogens with one attached hydrogen (secondary N) is 1. The van der Waals surface area contributed by atoms with Crippen molar-refractivity contribution in [2.24, 2.45) is 4.99 Å². The van der Waals surface area contributed by atoms with Crippen LogP contribution in [0, 0.1) is 6.92 Å². The molecule has 0 bridgehead atoms. The lowest BCUT2D eigenvalue weighted by atomic mass is 10.2. The van der Waals surface area contributed by atoms with Crippen LogP contribution >= 0.6 is 0 Å². The third-order valence-electron chi connectivity index (χ3n) is 4.03. The van der Waals surface area contributed by atoms with Crippen LogP contribution in [0.25, 0.3) is 0 Å². The van der Waals surface area contributed by atoms with E-state index in [1.165, 1.54) is 5.56 Å². The number of aliphatic imine (C=N–C) groups is 1. The van der Waals surface area contributed by atoms with E-state index in [1.54, 1.807) is 6.33 Å². The van der Waals surface area contributed by atoms with Crippen molar-refractivity contribution in [2.75, 3.05) is 33.3 Å². The van der Waals surface area contributed by atoms with Crippen LogP contribution in [0.3, 0.4) is 0 Å². The maximum atomic E-state index is 5.81. The molecule has 0 aliphatic carbocycles. The highest BCUT2D eigenvalue weighted by molar-refractivity contribution is 5.79. The minimum Gasteiger partial charge on any atom is -0.492 e. The Kier molecular flexibility index (Phi) is 7.92. The maximum absolute atomic E-state index is 5.81. The molecule has 7 heteroatoms. The van der Waals surface area contributed by atoms with Crippen molar-refractivity contribution in [3.8, 4) is 5.75 Å². The first-order valence-electron chi connectivity index (χ1n) is 9.19. The monoisotopic (exact) mass is 358 g/mol. The molecule has 26 heavy (non-hydrogen) atoms. The molecule has 142 valence electrons. The summed E-state index contributed by atoms with van der Waals surface area (Å²) in [7, 11) is 2.02. The van der Waals surface area contributed by atoms with Gasteiger partial charge in [-0.1, -0.05) is 24.6 Å². The Morgan fingerprint density at radius 2 is 2.04 bits per heavy atom. The summed E-state index contributed by atoms with van der Waals surface area (Å²) in [6.45, 7) is 9.86. The Balaban J connectivity index is 1.83. The van der Waals surface area contributed by atoms with Gasteiger partial charge in [-0.2, -0.15) is 0 Å². The highest BCUT2D eigenvalue weighted by Crippen LogP contribution is 2.11. The molecule has 0 saturated heterocycles. The molecule has 0 aliphatic rings. The number of hydrogen-bond acceptors (Lipinski definition) is 4. The summed E-state index contributed by atoms with van der Waals surface area (Å²) >= 11 is 0. The zero-order valence-electron chi connectivity index (χ0n) is 16.3. The summed E-state index contributed by atoms with van der Waals surface area (Å²) in [6.07, 6.45) is 2.64. The van der Waals surface area contributed by atoms with Crippen molar-refractivity contribution in [3.05, 3.63) is 42.0 Å². The lowest BCUT2D eigenvalue weighted by molar-refractivity contribution is 0.281. The van der Waals surface area contributed by atoms with E-state index < -0.39 is 0 Å². The molecule has 1 heterocycles. The van der Waals surface area contributed by atoms with E-state index in [0.717, 1.165) is 43.6 Å². The van der Waals surface area contributed by atoms with Gasteiger partial charge >= 0.3 is 0 Å². The first-order valence-corrected chi connectivity index (χ1v) is 9.19. The molecule has 0 amide bonds. The van der Waals surface area contributed by atoms with Gasteiger partial charge in [0.05, 0.1) is 13.1 Å². The first-order chi connectivity index (χ1) is 12.6. The molecule has 1 aromatic heterocycles. The summed E-state index contributed by atoms with van der Waals surface area (Å²) in [4.78, 5) is 6.79. The molecule has 1 aromatic carbocycles. The molecule has 2 aromatic rings. The Morgan fingerprint density at radius 3 is 2.73 bits per heavy atom. The standard InChI is InChI=1S/C19H30N6O/c1-5-18-23-22-15-25(18)12-11-21-19(20-6-2)24(4)13-14-26-17-9-7-16(3)8-10-17/h7-10,15H,5-6,11-14H2,1-4H3,(H,20,21). The zero-order chi connectivity index (χ0) is 18.8. The molecule has 0 atom stereocenters. The van der Waals surface area contributed by atoms with Gasteiger partial charge in [0.15, 0.2) is 5.96 Å². The van der Waals surface area contributed by atoms with Crippen LogP contribution < -0.4 is 10.1 Å². The summed E-state index contributed by atoms with van der Waals surface area (Å²) in [5.41, 5.74) is 1.23. The smallest absolute Gasteiger partial charge is 0.193 e. The fourth-order valence-electron chi connectivity index (χ4n) is 2.51. The minimum atomic E-state index is 0.607. The topological polar surface area (TPSA) is 67.6 Å². The number of aryl methyl sites for hydroxylation is 2. The molecular weight excluding hydrogens is 328 g/mol. The molecular formula is C19H30N6O. The average molecular weight is 358 g/mol. The van der Waals surface area contributed by atoms with E-state index in [1.807, 2.05) is 23.7 Å². The number of aromatic nitrogens is 3. The highest BCUT2D eigenvalue weighted by Gasteiger charge is 2.06. The van der Waals surface area contributed by atoms with Crippen molar-refractivity contribution in [2.45, 2.75) is 33.7 Å². The number of hydrogen-bond donors (Lipinski definition) is 1. The van der Waals surface area contributed by atoms with Gasteiger partial charge in [-0.25, -0.2) is 0 Å². The zero-order valence-corrected chi connectivity index (χ0v) is 16.3. The normalized spacial score (nSPS) is 11.5. The van der Waals surface area contributed by atoms with Crippen molar-refractivity contribution in [1.82, 2.24) is 25.0 Å². The fraction of sp³-hybridized carbons (Fsp3) is 0.526. The summed E-state index contributed by atoms with van der Waals surface area (Å²) in [5.74, 6) is 2.77. The first kappa shape index (κ1) is 19.8. The molecule has 1 N–H and O–H groups in total. The van der Waals surface area contributed by atoms with Gasteiger partial charge in [-0.05, 0) is 26.0 Å². The van der Waals surface area contributed by atoms with Crippen LogP contribution in [-0.4, -0.2) is 58.9 Å². The van der Waals surface area contributed by atoms with Gasteiger partial charge in [0.25, 0.3) is 0 Å². The molecule has 2 rings (SSSR count). The molecule has 0 spiro atoms. The van der Waals surface area contributed by atoms with E-state index in [2.05, 4.69) is 53.3 Å². The second kappa shape index (κ2) is 10.4. The van der Waals surface area contributed by atoms with E-state index in [-0.39, 0.29) is 0 Å². The molecule has 0 unspecified atom stereocenters. The lowest BCUT2D eigenvalue weighted by Crippen LogP contribution is -2.41. The fourth-order valence-corrected chi connectivity index (χ4v) is 2.51. The van der Waals surface area contributed by atoms with Gasteiger partial charge in [0.1, 0.15) is 24.5 Å². The second-order valence-electron chi connectivity index (χ2n) is 6.11. The number of likely N-dealkylation sites (N-methyl/N-ethyl adjacent to an activating group) is 1. The predicted molar refractivity (Wildman–Crippen MR) is 105 cm³/mol. The Bertz CT molecular complexity index is 680. The SMILES string of the molecule is CCNC(=NCCn1cnnc1CC)N(C)CCOc1ccc(C)cc1. The van der Waals surface area contributed by atoms with Gasteiger partial charge in [0.2, 0.25) is 0 Å². The van der Waals surface area contributed by atoms with Gasteiger partial charge in [0, 0.05) is 26.6 Å². The Morgan fingerprint density at radius 1 is 1.27 bits per heavy atom. The van der Waals surface area contributed by atoms with Crippen LogP contribution in [0.1, 0.15) is 25.2 Å². The Hall–Kier alpha value is -2.57. The largest absolute Gasteiger partial charge is 0.492 e. The highest BCUT2D eigenvalue weighted by atomic mass is 16.5. The van der Waals surface area contributed by atoms with Crippen molar-refractivity contribution in [1.29, 1.82) is 0 Å². The van der Waals surface area contributed by atoms with Crippen molar-refractivity contribution < 1.29 is 4.74 Å². The lowest BCUT2D eigenvalue weighted by Gasteiger charge is -2.22. The third-order valence-corrected chi connectivity index (χ3v) is 4.03. The quantitative estimate of drug-likeness (QED) is 0.549. The summed E-state index contributed by atoms with van der Waals surface area (Å²) < 4.78 is 7.86. The Labute approximate surface area is 156 Å². The summed E-state index contributed by atoms with van der Waals surface area (Å²) in [5, 5.41) is 11.4. The average Bonchev–Trinajstić information content (AvgIpc) is 3.10. The molecule has 0 radical (unpaired) electrons. The van der Waals surface area contributed by atoms with E-state index in [0.29, 0.717) is 13.2 Å². The summed E-state index contributed by atoms with van der Waals surface area (Å²) in [6, 6.07) is 8.11. The molecule has 0 aliphatic heterocycles. The molecule has 0 saturated carbocycles. The van der Waals surface area contributed by atoms with Crippen molar-refractivity contribution in [3.63, 3.8) is 0 Å². The number of benzene rings is 1. The van der Waals surface area contributed by atoms with E-state index >= 15 is 0 Å². The van der Waals surface area contributed by atoms with Crippen LogP contribution in [0.5, 0.6) is 5.75 Å². The van der Waals surface area contributed by atoms with Crippen molar-refractivity contribution >= 4 is 5.96 Å². The van der Waals surface area contributed by atoms with Crippen LogP contribution in [0.2, 0.25) is 0 Å². The van der Waals surface area contributed by atoms with Crippen LogP contribution in [0.15, 0.2) is 35.6 Å². The molecule has 0 fully saturated rings. The van der Waals surface area contributed by atoms with Crippen LogP contribution in [-0.2, 0) is 13.0 Å². The van der Waals surface area contributed by atoms with E-state index in [9.17, 15) is 0 Å². The van der Waals surface area contributed by atoms with E-state index in [4.69, 9.17) is 9.73 Å². The number of nitrogens with zero attached hydrogens (tertiary/aromatic N) is 5. The molecule has 7 nitrogen and oxygen atoms in total. The maximum Gasteiger partial charge on any atom is 0.193 e. The number of rotatable bonds is 9. The second-order valence-corrected chi connectivity index (χ2v) is 6.11. The van der Waals surface area contributed by atoms with Gasteiger partial charge < -0.3 is 19.5 Å². The van der Waals surface area contributed by atoms with Crippen LogP contribution in [0.4, 0.5) is 0 Å². The number of ether oxygens (including phenoxy) is 1. The third kappa shape index (κ3) is 6.06. The van der Waals surface area contributed by atoms with Gasteiger partial charge in [-0.3, -0.25) is 4.99 Å². The minimum absolute atomic E-state index is 0.607. The van der Waals surface area contributed by atoms with Gasteiger partial charge in [-0.15, -0.1) is 10.2 Å².